The summed E-state index contributed by atoms with van der Waals surface area (Å²) >= 11 is 0. The van der Waals surface area contributed by atoms with E-state index in [4.69, 9.17) is 5.11 Å². The third kappa shape index (κ3) is 4.61. The summed E-state index contributed by atoms with van der Waals surface area (Å²) < 4.78 is 0. The van der Waals surface area contributed by atoms with Gasteiger partial charge in [0.05, 0.1) is 5.92 Å². The van der Waals surface area contributed by atoms with E-state index >= 15 is 0 Å². The summed E-state index contributed by atoms with van der Waals surface area (Å²) in [5, 5.41) is 12.1. The number of carbonyl (C=O) groups excluding carboxylic acids is 1. The molecule has 1 atom stereocenters. The van der Waals surface area contributed by atoms with Crippen LogP contribution >= 0.6 is 0 Å². The average Bonchev–Trinajstić information content (AvgIpc) is 2.53. The Balaban J connectivity index is 1.71. The number of nitrogens with zero attached hydrogens (tertiary/aromatic N) is 1. The molecular formula is C16H28N2O3. The maximum absolute atomic E-state index is 12.2. The van der Waals surface area contributed by atoms with Gasteiger partial charge in [0.25, 0.3) is 0 Å². The highest BCUT2D eigenvalue weighted by Gasteiger charge is 2.28. The van der Waals surface area contributed by atoms with Gasteiger partial charge in [-0.2, -0.15) is 0 Å². The van der Waals surface area contributed by atoms with Gasteiger partial charge in [-0.15, -0.1) is 0 Å². The Labute approximate surface area is 127 Å². The third-order valence-corrected chi connectivity index (χ3v) is 5.14. The molecule has 1 aliphatic heterocycles. The van der Waals surface area contributed by atoms with Crippen LogP contribution in [0.15, 0.2) is 0 Å². The van der Waals surface area contributed by atoms with Crippen LogP contribution in [0.2, 0.25) is 0 Å². The predicted molar refractivity (Wildman–Crippen MR) is 81.1 cm³/mol. The monoisotopic (exact) mass is 296 g/mol. The zero-order valence-electron chi connectivity index (χ0n) is 13.0. The van der Waals surface area contributed by atoms with Crippen molar-refractivity contribution in [2.75, 3.05) is 19.6 Å². The van der Waals surface area contributed by atoms with E-state index < -0.39 is 11.9 Å². The number of aliphatic carboxylic acids is 1. The van der Waals surface area contributed by atoms with Crippen LogP contribution in [0.5, 0.6) is 0 Å². The van der Waals surface area contributed by atoms with Crippen LogP contribution in [-0.4, -0.2) is 41.6 Å². The van der Waals surface area contributed by atoms with Gasteiger partial charge >= 0.3 is 12.0 Å². The van der Waals surface area contributed by atoms with E-state index in [9.17, 15) is 9.59 Å². The number of rotatable bonds is 4. The minimum Gasteiger partial charge on any atom is -0.481 e. The van der Waals surface area contributed by atoms with Gasteiger partial charge in [0.15, 0.2) is 0 Å². The molecule has 1 saturated heterocycles. The van der Waals surface area contributed by atoms with Gasteiger partial charge < -0.3 is 15.3 Å². The zero-order chi connectivity index (χ0) is 15.2. The Kier molecular flexibility index (Phi) is 5.88. The fourth-order valence-corrected chi connectivity index (χ4v) is 3.55. The average molecular weight is 296 g/mol. The molecule has 2 rings (SSSR count). The molecule has 0 aromatic rings. The van der Waals surface area contributed by atoms with Crippen LogP contribution in [0, 0.1) is 17.8 Å². The number of hydrogen-bond acceptors (Lipinski definition) is 2. The first-order chi connectivity index (χ1) is 10.1. The second-order valence-corrected chi connectivity index (χ2v) is 6.60. The molecule has 0 aromatic carbocycles. The zero-order valence-corrected chi connectivity index (χ0v) is 13.0. The van der Waals surface area contributed by atoms with Crippen molar-refractivity contribution in [3.63, 3.8) is 0 Å². The molecule has 5 heteroatoms. The summed E-state index contributed by atoms with van der Waals surface area (Å²) in [6, 6.07) is -0.0847. The Hall–Kier alpha value is -1.26. The number of hydrogen-bond donors (Lipinski definition) is 2. The fourth-order valence-electron chi connectivity index (χ4n) is 3.55. The fraction of sp³-hybridized carbons (Fsp3) is 0.875. The van der Waals surface area contributed by atoms with Crippen LogP contribution in [0.25, 0.3) is 0 Å². The lowest BCUT2D eigenvalue weighted by atomic mass is 9.81. The number of carboxylic acid groups (broad SMARTS) is 1. The van der Waals surface area contributed by atoms with E-state index in [1.807, 2.05) is 0 Å². The van der Waals surface area contributed by atoms with Crippen molar-refractivity contribution in [2.24, 2.45) is 17.8 Å². The Morgan fingerprint density at radius 2 is 1.81 bits per heavy atom. The first-order valence-electron chi connectivity index (χ1n) is 8.35. The molecule has 2 N–H and O–H groups in total. The van der Waals surface area contributed by atoms with Crippen LogP contribution in [-0.2, 0) is 4.79 Å². The van der Waals surface area contributed by atoms with E-state index in [1.54, 1.807) is 4.90 Å². The number of amides is 2. The summed E-state index contributed by atoms with van der Waals surface area (Å²) in [6.07, 6.45) is 7.70. The van der Waals surface area contributed by atoms with E-state index in [0.717, 1.165) is 18.9 Å². The Morgan fingerprint density at radius 3 is 2.43 bits per heavy atom. The van der Waals surface area contributed by atoms with Crippen LogP contribution in [0.1, 0.15) is 51.9 Å². The van der Waals surface area contributed by atoms with Gasteiger partial charge in [0.1, 0.15) is 0 Å². The van der Waals surface area contributed by atoms with Gasteiger partial charge in [0.2, 0.25) is 0 Å². The Morgan fingerprint density at radius 1 is 1.14 bits per heavy atom. The van der Waals surface area contributed by atoms with Gasteiger partial charge in [0, 0.05) is 19.6 Å². The molecule has 2 amide bonds. The number of nitrogens with one attached hydrogen (secondary N) is 1. The Bertz CT molecular complexity index is 365. The van der Waals surface area contributed by atoms with Crippen molar-refractivity contribution in [3.8, 4) is 0 Å². The SMILES string of the molecule is CCC1CCC(CNC(=O)N2CCC[C@@H](C(=O)O)C2)CC1. The highest BCUT2D eigenvalue weighted by molar-refractivity contribution is 5.76. The summed E-state index contributed by atoms with van der Waals surface area (Å²) in [4.78, 5) is 24.8. The second-order valence-electron chi connectivity index (χ2n) is 6.60. The van der Waals surface area contributed by atoms with E-state index in [2.05, 4.69) is 12.2 Å². The number of likely N-dealkylation sites (tertiary alicyclic amines) is 1. The first kappa shape index (κ1) is 16.1. The first-order valence-corrected chi connectivity index (χ1v) is 8.35. The molecule has 2 aliphatic rings. The topological polar surface area (TPSA) is 69.6 Å². The molecule has 0 spiro atoms. The van der Waals surface area contributed by atoms with Crippen molar-refractivity contribution in [3.05, 3.63) is 0 Å². The van der Waals surface area contributed by atoms with E-state index in [1.165, 1.54) is 32.1 Å². The minimum absolute atomic E-state index is 0.0847. The van der Waals surface area contributed by atoms with Crippen LogP contribution < -0.4 is 5.32 Å². The largest absolute Gasteiger partial charge is 0.481 e. The van der Waals surface area contributed by atoms with Crippen LogP contribution in [0.4, 0.5) is 4.79 Å². The van der Waals surface area contributed by atoms with E-state index in [-0.39, 0.29) is 6.03 Å². The highest BCUT2D eigenvalue weighted by atomic mass is 16.4. The number of piperidine rings is 1. The van der Waals surface area contributed by atoms with Crippen molar-refractivity contribution in [2.45, 2.75) is 51.9 Å². The molecule has 1 heterocycles. The number of carbonyl (C=O) groups is 2. The van der Waals surface area contributed by atoms with E-state index in [0.29, 0.717) is 25.4 Å². The van der Waals surface area contributed by atoms with Gasteiger partial charge in [-0.3, -0.25) is 4.79 Å². The molecule has 1 saturated carbocycles. The van der Waals surface area contributed by atoms with Crippen molar-refractivity contribution in [1.29, 1.82) is 0 Å². The molecule has 120 valence electrons. The minimum atomic E-state index is -0.787. The number of urea groups is 1. The second kappa shape index (κ2) is 7.66. The molecule has 2 fully saturated rings. The van der Waals surface area contributed by atoms with Gasteiger partial charge in [-0.05, 0) is 37.5 Å². The standard InChI is InChI=1S/C16H28N2O3/c1-2-12-5-7-13(8-6-12)10-17-16(21)18-9-3-4-14(11-18)15(19)20/h12-14H,2-11H2,1H3,(H,17,21)(H,19,20)/t12?,13?,14-/m1/s1. The van der Waals surface area contributed by atoms with Gasteiger partial charge in [-0.1, -0.05) is 26.2 Å². The smallest absolute Gasteiger partial charge is 0.317 e. The van der Waals surface area contributed by atoms with Gasteiger partial charge in [-0.25, -0.2) is 4.79 Å². The van der Waals surface area contributed by atoms with Crippen LogP contribution in [0.3, 0.4) is 0 Å². The molecule has 0 aromatic heterocycles. The molecule has 0 unspecified atom stereocenters. The molecule has 5 nitrogen and oxygen atoms in total. The maximum Gasteiger partial charge on any atom is 0.317 e. The lowest BCUT2D eigenvalue weighted by Gasteiger charge is -2.32. The summed E-state index contributed by atoms with van der Waals surface area (Å²) in [5.41, 5.74) is 0. The summed E-state index contributed by atoms with van der Waals surface area (Å²) in [5.74, 6) is 0.280. The number of carboxylic acids is 1. The predicted octanol–water partition coefficient (Wildman–Crippen LogP) is 2.71. The molecule has 0 radical (unpaired) electrons. The quantitative estimate of drug-likeness (QED) is 0.838. The third-order valence-electron chi connectivity index (χ3n) is 5.14. The molecule has 0 bridgehead atoms. The lowest BCUT2D eigenvalue weighted by Crippen LogP contribution is -2.48. The summed E-state index contributed by atoms with van der Waals surface area (Å²) in [6.45, 7) is 4.02. The summed E-state index contributed by atoms with van der Waals surface area (Å²) in [7, 11) is 0. The molecule has 21 heavy (non-hydrogen) atoms. The molecule has 1 aliphatic carbocycles. The maximum atomic E-state index is 12.2. The van der Waals surface area contributed by atoms with Crippen molar-refractivity contribution >= 4 is 12.0 Å². The van der Waals surface area contributed by atoms with Crippen molar-refractivity contribution < 1.29 is 14.7 Å². The molecular weight excluding hydrogens is 268 g/mol. The normalized spacial score (nSPS) is 30.0. The lowest BCUT2D eigenvalue weighted by molar-refractivity contribution is -0.143. The van der Waals surface area contributed by atoms with Crippen molar-refractivity contribution in [1.82, 2.24) is 10.2 Å². The highest BCUT2D eigenvalue weighted by Crippen LogP contribution is 2.30.